The highest BCUT2D eigenvalue weighted by atomic mass is 32.2. The lowest BCUT2D eigenvalue weighted by atomic mass is 10.2. The van der Waals surface area contributed by atoms with E-state index >= 15 is 0 Å². The van der Waals surface area contributed by atoms with Gasteiger partial charge >= 0.3 is 11.9 Å². The Labute approximate surface area is 216 Å². The molecule has 0 saturated carbocycles. The maximum absolute atomic E-state index is 13.1. The number of thioether (sulfide) groups is 1. The van der Waals surface area contributed by atoms with Crippen molar-refractivity contribution in [3.8, 4) is 11.8 Å². The van der Waals surface area contributed by atoms with Crippen LogP contribution >= 0.6 is 35.3 Å². The summed E-state index contributed by atoms with van der Waals surface area (Å²) in [6, 6.07) is 7.06. The molecule has 2 aliphatic rings. The molecule has 0 unspecified atom stereocenters. The summed E-state index contributed by atoms with van der Waals surface area (Å²) in [5.41, 5.74) is 0.524. The summed E-state index contributed by atoms with van der Waals surface area (Å²) in [6.07, 6.45) is 3.01. The van der Waals surface area contributed by atoms with Gasteiger partial charge in [-0.05, 0) is 31.2 Å². The van der Waals surface area contributed by atoms with Gasteiger partial charge in [-0.15, -0.1) is 11.3 Å². The Hall–Kier alpha value is -3.93. The van der Waals surface area contributed by atoms with E-state index in [0.717, 1.165) is 32.6 Å². The van der Waals surface area contributed by atoms with E-state index in [9.17, 15) is 29.5 Å². The number of carbonyl (C=O) groups excluding carboxylic acids is 1. The second-order valence-corrected chi connectivity index (χ2v) is 10.0. The SMILES string of the molecule is CCN1/C(=C/C=c2/s/c(=C3\SC(=S)N(CC(=O)O)C3=O)n(CC(=O)O)c2=O)Oc2ccc(C#N)cc21. The fraction of sp³-hybridized carbons (Fsp3) is 0.182. The molecule has 14 heteroatoms. The van der Waals surface area contributed by atoms with E-state index in [1.165, 1.54) is 6.08 Å². The van der Waals surface area contributed by atoms with Crippen LogP contribution in [0.25, 0.3) is 11.0 Å². The Morgan fingerprint density at radius 2 is 1.89 bits per heavy atom. The minimum absolute atomic E-state index is 0.000202. The van der Waals surface area contributed by atoms with Crippen LogP contribution in [0.4, 0.5) is 5.69 Å². The van der Waals surface area contributed by atoms with Crippen molar-refractivity contribution in [3.63, 3.8) is 0 Å². The van der Waals surface area contributed by atoms with E-state index in [4.69, 9.17) is 22.1 Å². The minimum atomic E-state index is -1.29. The third kappa shape index (κ3) is 4.63. The molecule has 184 valence electrons. The van der Waals surface area contributed by atoms with Crippen LogP contribution in [0.2, 0.25) is 0 Å². The Balaban J connectivity index is 1.82. The number of fused-ring (bicyclic) bond motifs is 1. The Morgan fingerprint density at radius 1 is 1.17 bits per heavy atom. The van der Waals surface area contributed by atoms with Crippen LogP contribution in [0.15, 0.2) is 35.0 Å². The van der Waals surface area contributed by atoms with Crippen molar-refractivity contribution >= 4 is 74.2 Å². The molecule has 2 aromatic rings. The number of carboxylic acids is 2. The van der Waals surface area contributed by atoms with Gasteiger partial charge in [0, 0.05) is 12.6 Å². The first-order valence-electron chi connectivity index (χ1n) is 10.3. The van der Waals surface area contributed by atoms with Crippen LogP contribution < -0.4 is 24.4 Å². The summed E-state index contributed by atoms with van der Waals surface area (Å²) >= 11 is 6.82. The zero-order valence-corrected chi connectivity index (χ0v) is 20.9. The number of amides is 1. The van der Waals surface area contributed by atoms with Crippen LogP contribution in [0.3, 0.4) is 0 Å². The lowest BCUT2D eigenvalue weighted by Crippen LogP contribution is -2.36. The predicted molar refractivity (Wildman–Crippen MR) is 136 cm³/mol. The molecule has 1 fully saturated rings. The highest BCUT2D eigenvalue weighted by molar-refractivity contribution is 8.30. The number of hydrogen-bond acceptors (Lipinski definition) is 10. The number of nitrogens with zero attached hydrogens (tertiary/aromatic N) is 4. The van der Waals surface area contributed by atoms with Crippen LogP contribution in [-0.4, -0.2) is 54.9 Å². The normalized spacial score (nSPS) is 18.0. The number of allylic oxidation sites excluding steroid dienone is 1. The lowest BCUT2D eigenvalue weighted by Gasteiger charge is -2.14. The zero-order chi connectivity index (χ0) is 26.1. The summed E-state index contributed by atoms with van der Waals surface area (Å²) in [6.45, 7) is 1.06. The molecule has 1 aromatic heterocycles. The van der Waals surface area contributed by atoms with Crippen LogP contribution in [-0.2, 0) is 20.9 Å². The van der Waals surface area contributed by atoms with Crippen molar-refractivity contribution in [3.05, 3.63) is 55.3 Å². The molecule has 0 radical (unpaired) electrons. The molecule has 3 heterocycles. The average molecular weight is 545 g/mol. The molecule has 1 saturated heterocycles. The fourth-order valence-corrected chi connectivity index (χ4v) is 6.00. The maximum atomic E-state index is 13.1. The van der Waals surface area contributed by atoms with Crippen molar-refractivity contribution < 1.29 is 29.3 Å². The third-order valence-corrected chi connectivity index (χ3v) is 7.81. The number of aromatic nitrogens is 1. The highest BCUT2D eigenvalue weighted by Crippen LogP contribution is 2.39. The van der Waals surface area contributed by atoms with E-state index in [-0.39, 0.29) is 18.4 Å². The molecule has 11 nitrogen and oxygen atoms in total. The van der Waals surface area contributed by atoms with Gasteiger partial charge in [-0.3, -0.25) is 28.6 Å². The molecule has 0 bridgehead atoms. The van der Waals surface area contributed by atoms with Gasteiger partial charge < -0.3 is 19.8 Å². The molecule has 2 N–H and O–H groups in total. The molecular weight excluding hydrogens is 528 g/mol. The first-order valence-corrected chi connectivity index (χ1v) is 12.3. The number of aliphatic carboxylic acids is 2. The molecule has 36 heavy (non-hydrogen) atoms. The van der Waals surface area contributed by atoms with E-state index in [2.05, 4.69) is 6.07 Å². The van der Waals surface area contributed by atoms with E-state index in [0.29, 0.717) is 29.4 Å². The first kappa shape index (κ1) is 25.2. The molecule has 2 aliphatic heterocycles. The third-order valence-electron chi connectivity index (χ3n) is 5.09. The number of nitriles is 1. The lowest BCUT2D eigenvalue weighted by molar-refractivity contribution is -0.140. The summed E-state index contributed by atoms with van der Waals surface area (Å²) in [4.78, 5) is 51.1. The Morgan fingerprint density at radius 3 is 2.53 bits per heavy atom. The second-order valence-electron chi connectivity index (χ2n) is 7.35. The smallest absolute Gasteiger partial charge is 0.323 e. The van der Waals surface area contributed by atoms with E-state index in [1.54, 1.807) is 24.3 Å². The van der Waals surface area contributed by atoms with Gasteiger partial charge in [-0.2, -0.15) is 5.26 Å². The summed E-state index contributed by atoms with van der Waals surface area (Å²) < 4.78 is 7.01. The first-order chi connectivity index (χ1) is 17.1. The number of carboxylic acid groups (broad SMARTS) is 2. The van der Waals surface area contributed by atoms with Crippen molar-refractivity contribution in [1.82, 2.24) is 9.47 Å². The number of thiazole rings is 1. The van der Waals surface area contributed by atoms with Gasteiger partial charge in [0.25, 0.3) is 11.5 Å². The van der Waals surface area contributed by atoms with Gasteiger partial charge in [0.1, 0.15) is 27.0 Å². The number of rotatable bonds is 6. The Kier molecular flexibility index (Phi) is 6.97. The van der Waals surface area contributed by atoms with Crippen molar-refractivity contribution in [1.29, 1.82) is 5.26 Å². The molecule has 1 aromatic carbocycles. The van der Waals surface area contributed by atoms with Gasteiger partial charge in [0.2, 0.25) is 5.88 Å². The van der Waals surface area contributed by atoms with E-state index in [1.807, 2.05) is 11.8 Å². The zero-order valence-electron chi connectivity index (χ0n) is 18.5. The van der Waals surface area contributed by atoms with Crippen molar-refractivity contribution in [2.45, 2.75) is 13.5 Å². The van der Waals surface area contributed by atoms with Crippen molar-refractivity contribution in [2.75, 3.05) is 18.0 Å². The summed E-state index contributed by atoms with van der Waals surface area (Å²) in [5, 5.41) is 27.6. The standard InChI is InChI=1S/C22H16N4O7S3/c1-2-24-12-7-11(8-23)3-4-13(12)33-15(24)6-5-14-19(31)25(9-16(27)28)21(35-14)18-20(32)26(10-17(29)30)22(34)36-18/h3-7H,2,9-10H2,1H3,(H,27,28)(H,29,30)/b14-5+,15-6-,21-18-. The van der Waals surface area contributed by atoms with Gasteiger partial charge in [0.15, 0.2) is 5.75 Å². The summed E-state index contributed by atoms with van der Waals surface area (Å²) in [5.74, 6) is -2.32. The highest BCUT2D eigenvalue weighted by Gasteiger charge is 2.35. The number of anilines is 1. The Bertz CT molecular complexity index is 1580. The number of thiocarbonyl (C=S) groups is 1. The average Bonchev–Trinajstić information content (AvgIpc) is 3.43. The quantitative estimate of drug-likeness (QED) is 0.488. The largest absolute Gasteiger partial charge is 0.480 e. The second kappa shape index (κ2) is 9.97. The van der Waals surface area contributed by atoms with Crippen LogP contribution in [0, 0.1) is 11.3 Å². The molecule has 0 aliphatic carbocycles. The predicted octanol–water partition coefficient (Wildman–Crippen LogP) is 0.460. The number of benzene rings is 1. The molecular formula is C22H16N4O7S3. The van der Waals surface area contributed by atoms with Gasteiger partial charge in [-0.25, -0.2) is 0 Å². The van der Waals surface area contributed by atoms with E-state index < -0.39 is 36.5 Å². The number of ether oxygens (including phenoxy) is 1. The van der Waals surface area contributed by atoms with Crippen LogP contribution in [0.5, 0.6) is 5.75 Å². The van der Waals surface area contributed by atoms with Gasteiger partial charge in [-0.1, -0.05) is 24.0 Å². The maximum Gasteiger partial charge on any atom is 0.323 e. The number of carbonyl (C=O) groups is 3. The van der Waals surface area contributed by atoms with Gasteiger partial charge in [0.05, 0.1) is 21.9 Å². The van der Waals surface area contributed by atoms with Crippen LogP contribution in [0.1, 0.15) is 12.5 Å². The minimum Gasteiger partial charge on any atom is -0.480 e. The molecule has 0 atom stereocenters. The molecule has 0 spiro atoms. The monoisotopic (exact) mass is 544 g/mol. The van der Waals surface area contributed by atoms with Crippen molar-refractivity contribution in [2.24, 2.45) is 0 Å². The number of hydrogen-bond donors (Lipinski definition) is 2. The topological polar surface area (TPSA) is 153 Å². The fourth-order valence-electron chi connectivity index (χ4n) is 3.55. The molecule has 4 rings (SSSR count). The molecule has 1 amide bonds. The summed E-state index contributed by atoms with van der Waals surface area (Å²) in [7, 11) is 0.